The molecule has 100 valence electrons. The second-order valence-electron chi connectivity index (χ2n) is 3.60. The average Bonchev–Trinajstić information content (AvgIpc) is 2.83. The molecule has 19 heavy (non-hydrogen) atoms. The Morgan fingerprint density at radius 3 is 2.89 bits per heavy atom. The number of nitrogens with one attached hydrogen (secondary N) is 2. The molecular formula is C10H9FN4O3S. The SMILES string of the molecule is NNC(=O)c1ccc(Cn2cc(F)c(=O)[nH]c2=O)s1. The lowest BCUT2D eigenvalue weighted by atomic mass is 10.4. The van der Waals surface area contributed by atoms with Gasteiger partial charge in [-0.05, 0) is 12.1 Å². The third-order valence-electron chi connectivity index (χ3n) is 2.31. The van der Waals surface area contributed by atoms with Gasteiger partial charge in [-0.25, -0.2) is 10.6 Å². The molecule has 0 bridgehead atoms. The van der Waals surface area contributed by atoms with Crippen molar-refractivity contribution >= 4 is 17.2 Å². The number of hydrogen-bond donors (Lipinski definition) is 3. The van der Waals surface area contributed by atoms with Crippen LogP contribution in [0.5, 0.6) is 0 Å². The molecular weight excluding hydrogens is 275 g/mol. The Labute approximate surface area is 109 Å². The predicted octanol–water partition coefficient (Wildman–Crippen LogP) is -0.611. The van der Waals surface area contributed by atoms with Gasteiger partial charge in [-0.15, -0.1) is 11.3 Å². The molecule has 1 amide bonds. The molecule has 4 N–H and O–H groups in total. The zero-order chi connectivity index (χ0) is 14.0. The number of halogens is 1. The third kappa shape index (κ3) is 2.77. The number of thiophene rings is 1. The fourth-order valence-corrected chi connectivity index (χ4v) is 2.33. The second-order valence-corrected chi connectivity index (χ2v) is 4.77. The first-order valence-electron chi connectivity index (χ1n) is 5.10. The van der Waals surface area contributed by atoms with Crippen molar-refractivity contribution in [1.29, 1.82) is 0 Å². The summed E-state index contributed by atoms with van der Waals surface area (Å²) in [5, 5.41) is 0. The first kappa shape index (κ1) is 13.2. The largest absolute Gasteiger partial charge is 0.328 e. The first-order chi connectivity index (χ1) is 9.01. The highest BCUT2D eigenvalue weighted by Gasteiger charge is 2.09. The Morgan fingerprint density at radius 2 is 2.21 bits per heavy atom. The van der Waals surface area contributed by atoms with Crippen LogP contribution < -0.4 is 22.5 Å². The first-order valence-corrected chi connectivity index (χ1v) is 5.92. The zero-order valence-electron chi connectivity index (χ0n) is 9.47. The van der Waals surface area contributed by atoms with Crippen LogP contribution in [0.4, 0.5) is 4.39 Å². The molecule has 0 radical (unpaired) electrons. The van der Waals surface area contributed by atoms with Gasteiger partial charge in [-0.1, -0.05) is 0 Å². The van der Waals surface area contributed by atoms with Gasteiger partial charge in [0, 0.05) is 4.88 Å². The van der Waals surface area contributed by atoms with E-state index in [1.807, 2.05) is 10.4 Å². The van der Waals surface area contributed by atoms with Crippen molar-refractivity contribution in [3.63, 3.8) is 0 Å². The van der Waals surface area contributed by atoms with E-state index in [-0.39, 0.29) is 6.54 Å². The van der Waals surface area contributed by atoms with Crippen molar-refractivity contribution < 1.29 is 9.18 Å². The molecule has 0 aromatic carbocycles. The summed E-state index contributed by atoms with van der Waals surface area (Å²) in [6.07, 6.45) is 0.823. The molecule has 0 saturated heterocycles. The molecule has 2 heterocycles. The third-order valence-corrected chi connectivity index (χ3v) is 3.38. The number of carbonyl (C=O) groups excluding carboxylic acids is 1. The summed E-state index contributed by atoms with van der Waals surface area (Å²) in [5.74, 6) is 3.50. The fraction of sp³-hybridized carbons (Fsp3) is 0.100. The number of H-pyrrole nitrogens is 1. The van der Waals surface area contributed by atoms with Crippen molar-refractivity contribution in [2.45, 2.75) is 6.54 Å². The second kappa shape index (κ2) is 5.16. The number of carbonyl (C=O) groups is 1. The van der Waals surface area contributed by atoms with Crippen LogP contribution >= 0.6 is 11.3 Å². The number of nitrogen functional groups attached to an aromatic ring is 1. The molecule has 9 heteroatoms. The van der Waals surface area contributed by atoms with Gasteiger partial charge in [0.15, 0.2) is 0 Å². The van der Waals surface area contributed by atoms with Gasteiger partial charge in [-0.3, -0.25) is 24.6 Å². The molecule has 0 aliphatic heterocycles. The molecule has 0 aliphatic carbocycles. The van der Waals surface area contributed by atoms with E-state index >= 15 is 0 Å². The maximum Gasteiger partial charge on any atom is 0.328 e. The van der Waals surface area contributed by atoms with Crippen molar-refractivity contribution in [2.75, 3.05) is 0 Å². The van der Waals surface area contributed by atoms with Gasteiger partial charge >= 0.3 is 5.69 Å². The summed E-state index contributed by atoms with van der Waals surface area (Å²) in [6.45, 7) is 0.0506. The molecule has 0 atom stereocenters. The Morgan fingerprint density at radius 1 is 1.47 bits per heavy atom. The van der Waals surface area contributed by atoms with Gasteiger partial charge in [0.2, 0.25) is 5.82 Å². The van der Waals surface area contributed by atoms with E-state index in [1.54, 1.807) is 6.07 Å². The highest BCUT2D eigenvalue weighted by molar-refractivity contribution is 7.14. The zero-order valence-corrected chi connectivity index (χ0v) is 10.3. The summed E-state index contributed by atoms with van der Waals surface area (Å²) >= 11 is 1.11. The number of rotatable bonds is 3. The van der Waals surface area contributed by atoms with Crippen molar-refractivity contribution in [2.24, 2.45) is 5.84 Å². The van der Waals surface area contributed by atoms with E-state index < -0.39 is 23.0 Å². The standard InChI is InChI=1S/C10H9FN4O3S/c11-6-4-15(10(18)13-8(6)16)3-5-1-2-7(19-5)9(17)14-12/h1-2,4H,3,12H2,(H,14,17)(H,13,16,18). The Kier molecular flexibility index (Phi) is 3.58. The maximum atomic E-state index is 13.1. The number of hydrogen-bond acceptors (Lipinski definition) is 5. The molecule has 0 fully saturated rings. The van der Waals surface area contributed by atoms with Crippen LogP contribution in [-0.4, -0.2) is 15.5 Å². The number of aromatic nitrogens is 2. The van der Waals surface area contributed by atoms with E-state index in [9.17, 15) is 18.8 Å². The van der Waals surface area contributed by atoms with Gasteiger partial charge in [0.1, 0.15) is 0 Å². The molecule has 2 rings (SSSR count). The normalized spacial score (nSPS) is 10.4. The van der Waals surface area contributed by atoms with E-state index in [4.69, 9.17) is 5.84 Å². The van der Waals surface area contributed by atoms with E-state index in [1.165, 1.54) is 6.07 Å². The minimum atomic E-state index is -1.06. The highest BCUT2D eigenvalue weighted by atomic mass is 32.1. The number of aromatic amines is 1. The van der Waals surface area contributed by atoms with E-state index in [0.717, 1.165) is 22.1 Å². The van der Waals surface area contributed by atoms with Crippen LogP contribution in [0.15, 0.2) is 27.9 Å². The number of nitrogens with zero attached hydrogens (tertiary/aromatic N) is 1. The van der Waals surface area contributed by atoms with Crippen LogP contribution in [-0.2, 0) is 6.54 Å². The monoisotopic (exact) mass is 284 g/mol. The quantitative estimate of drug-likeness (QED) is 0.396. The summed E-state index contributed by atoms with van der Waals surface area (Å²) < 4.78 is 14.1. The summed E-state index contributed by atoms with van der Waals surface area (Å²) in [7, 11) is 0. The number of nitrogens with two attached hydrogens (primary N) is 1. The van der Waals surface area contributed by atoms with Gasteiger partial charge in [-0.2, -0.15) is 4.39 Å². The van der Waals surface area contributed by atoms with Gasteiger partial charge in [0.05, 0.1) is 17.6 Å². The summed E-state index contributed by atoms with van der Waals surface area (Å²) in [5.41, 5.74) is 0.204. The molecule has 7 nitrogen and oxygen atoms in total. The van der Waals surface area contributed by atoms with Crippen molar-refractivity contribution in [1.82, 2.24) is 15.0 Å². The molecule has 0 unspecified atom stereocenters. The Balaban J connectivity index is 2.29. The van der Waals surface area contributed by atoms with Crippen LogP contribution in [0.1, 0.15) is 14.5 Å². The maximum absolute atomic E-state index is 13.1. The lowest BCUT2D eigenvalue weighted by Crippen LogP contribution is -2.31. The van der Waals surface area contributed by atoms with Gasteiger partial charge in [0.25, 0.3) is 11.5 Å². The Bertz CT molecular complexity index is 733. The van der Waals surface area contributed by atoms with Gasteiger partial charge < -0.3 is 0 Å². The van der Waals surface area contributed by atoms with Crippen LogP contribution in [0.2, 0.25) is 0 Å². The van der Waals surface area contributed by atoms with E-state index in [2.05, 4.69) is 0 Å². The number of amides is 1. The highest BCUT2D eigenvalue weighted by Crippen LogP contribution is 2.16. The lowest BCUT2D eigenvalue weighted by molar-refractivity contribution is 0.0957. The average molecular weight is 284 g/mol. The fourth-order valence-electron chi connectivity index (χ4n) is 1.42. The molecule has 0 aliphatic rings. The topological polar surface area (TPSA) is 110 Å². The van der Waals surface area contributed by atoms with Crippen LogP contribution in [0.3, 0.4) is 0 Å². The van der Waals surface area contributed by atoms with E-state index in [0.29, 0.717) is 9.75 Å². The Hall–Kier alpha value is -2.26. The van der Waals surface area contributed by atoms with Crippen LogP contribution in [0, 0.1) is 5.82 Å². The molecule has 0 saturated carbocycles. The van der Waals surface area contributed by atoms with Crippen LogP contribution in [0.25, 0.3) is 0 Å². The van der Waals surface area contributed by atoms with Crippen molar-refractivity contribution in [3.8, 4) is 0 Å². The molecule has 2 aromatic heterocycles. The summed E-state index contributed by atoms with van der Waals surface area (Å²) in [6, 6.07) is 3.15. The van der Waals surface area contributed by atoms with Crippen molar-refractivity contribution in [3.05, 3.63) is 54.7 Å². The number of hydrazine groups is 1. The lowest BCUT2D eigenvalue weighted by Gasteiger charge is -2.02. The predicted molar refractivity (Wildman–Crippen MR) is 66.4 cm³/mol. The smallest absolute Gasteiger partial charge is 0.292 e. The molecule has 0 spiro atoms. The molecule has 2 aromatic rings. The minimum Gasteiger partial charge on any atom is -0.292 e. The minimum absolute atomic E-state index is 0.0506. The summed E-state index contributed by atoms with van der Waals surface area (Å²) in [4.78, 5) is 36.4.